The zero-order chi connectivity index (χ0) is 13.3. The Kier molecular flexibility index (Phi) is 5.44. The van der Waals surface area contributed by atoms with Crippen LogP contribution in [0.25, 0.3) is 0 Å². The molecule has 0 aliphatic carbocycles. The maximum atomic E-state index is 11.5. The van der Waals surface area contributed by atoms with E-state index < -0.39 is 0 Å². The van der Waals surface area contributed by atoms with Gasteiger partial charge in [0.05, 0.1) is 6.61 Å². The maximum Gasteiger partial charge on any atom is 0.306 e. The summed E-state index contributed by atoms with van der Waals surface area (Å²) < 4.78 is 10.7. The molecule has 0 unspecified atom stereocenters. The SMILES string of the molecule is O=C(CCCOc1ccccc1)OCc1cccs1. The largest absolute Gasteiger partial charge is 0.494 e. The minimum Gasteiger partial charge on any atom is -0.494 e. The summed E-state index contributed by atoms with van der Waals surface area (Å²) in [5.74, 6) is 0.652. The lowest BCUT2D eigenvalue weighted by Gasteiger charge is -2.06. The topological polar surface area (TPSA) is 35.5 Å². The Labute approximate surface area is 116 Å². The van der Waals surface area contributed by atoms with Crippen molar-refractivity contribution in [2.24, 2.45) is 0 Å². The van der Waals surface area contributed by atoms with Gasteiger partial charge in [0.25, 0.3) is 0 Å². The molecule has 0 bridgehead atoms. The molecule has 0 aliphatic rings. The number of benzene rings is 1. The van der Waals surface area contributed by atoms with E-state index in [1.54, 1.807) is 11.3 Å². The van der Waals surface area contributed by atoms with Crippen LogP contribution >= 0.6 is 11.3 Å². The van der Waals surface area contributed by atoms with Crippen molar-refractivity contribution >= 4 is 17.3 Å². The number of rotatable bonds is 7. The third-order valence-electron chi connectivity index (χ3n) is 2.49. The average Bonchev–Trinajstić information content (AvgIpc) is 2.96. The first-order chi connectivity index (χ1) is 9.34. The molecule has 19 heavy (non-hydrogen) atoms. The summed E-state index contributed by atoms with van der Waals surface area (Å²) in [7, 11) is 0. The number of esters is 1. The zero-order valence-corrected chi connectivity index (χ0v) is 11.4. The quantitative estimate of drug-likeness (QED) is 0.572. The zero-order valence-electron chi connectivity index (χ0n) is 10.6. The molecule has 0 saturated heterocycles. The minimum atomic E-state index is -0.176. The molecule has 3 nitrogen and oxygen atoms in total. The van der Waals surface area contributed by atoms with E-state index in [1.807, 2.05) is 47.8 Å². The highest BCUT2D eigenvalue weighted by Crippen LogP contribution is 2.11. The van der Waals surface area contributed by atoms with Crippen molar-refractivity contribution in [1.29, 1.82) is 0 Å². The predicted molar refractivity (Wildman–Crippen MR) is 75.3 cm³/mol. The fourth-order valence-electron chi connectivity index (χ4n) is 1.54. The van der Waals surface area contributed by atoms with Gasteiger partial charge in [0.1, 0.15) is 12.4 Å². The highest BCUT2D eigenvalue weighted by atomic mass is 32.1. The van der Waals surface area contributed by atoms with E-state index in [0.29, 0.717) is 26.1 Å². The van der Waals surface area contributed by atoms with Crippen LogP contribution in [0.3, 0.4) is 0 Å². The van der Waals surface area contributed by atoms with Crippen LogP contribution in [0.2, 0.25) is 0 Å². The first-order valence-electron chi connectivity index (χ1n) is 6.20. The third kappa shape index (κ3) is 5.14. The second-order valence-corrected chi connectivity index (χ2v) is 5.04. The average molecular weight is 276 g/mol. The summed E-state index contributed by atoms with van der Waals surface area (Å²) in [6.07, 6.45) is 1.05. The molecule has 1 aromatic carbocycles. The number of ether oxygens (including phenoxy) is 2. The van der Waals surface area contributed by atoms with Crippen LogP contribution in [0.4, 0.5) is 0 Å². The molecule has 100 valence electrons. The van der Waals surface area contributed by atoms with E-state index in [0.717, 1.165) is 10.6 Å². The second kappa shape index (κ2) is 7.59. The van der Waals surface area contributed by atoms with Crippen LogP contribution in [0.15, 0.2) is 47.8 Å². The smallest absolute Gasteiger partial charge is 0.306 e. The Hall–Kier alpha value is -1.81. The van der Waals surface area contributed by atoms with Gasteiger partial charge in [-0.05, 0) is 30.0 Å². The standard InChI is InChI=1S/C15H16O3S/c16-15(18-12-14-8-5-11-19-14)9-4-10-17-13-6-2-1-3-7-13/h1-3,5-8,11H,4,9-10,12H2. The van der Waals surface area contributed by atoms with Gasteiger partial charge in [0.15, 0.2) is 0 Å². The second-order valence-electron chi connectivity index (χ2n) is 4.01. The molecule has 1 heterocycles. The summed E-state index contributed by atoms with van der Waals surface area (Å²) in [5, 5.41) is 1.97. The number of para-hydroxylation sites is 1. The first kappa shape index (κ1) is 13.6. The van der Waals surface area contributed by atoms with Crippen LogP contribution in [-0.4, -0.2) is 12.6 Å². The maximum absolute atomic E-state index is 11.5. The van der Waals surface area contributed by atoms with Crippen molar-refractivity contribution in [1.82, 2.24) is 0 Å². The summed E-state index contributed by atoms with van der Waals surface area (Å²) in [4.78, 5) is 12.5. The van der Waals surface area contributed by atoms with E-state index in [2.05, 4.69) is 0 Å². The Morgan fingerprint density at radius 1 is 1.11 bits per heavy atom. The van der Waals surface area contributed by atoms with Crippen LogP contribution in [0.5, 0.6) is 5.75 Å². The molecular formula is C15H16O3S. The van der Waals surface area contributed by atoms with Gasteiger partial charge in [-0.3, -0.25) is 4.79 Å². The normalized spacial score (nSPS) is 10.1. The van der Waals surface area contributed by atoms with E-state index >= 15 is 0 Å². The summed E-state index contributed by atoms with van der Waals surface area (Å²) in [6, 6.07) is 13.5. The lowest BCUT2D eigenvalue weighted by molar-refractivity contribution is -0.145. The Balaban J connectivity index is 1.57. The molecule has 0 aliphatic heterocycles. The Morgan fingerprint density at radius 3 is 2.68 bits per heavy atom. The number of thiophene rings is 1. The van der Waals surface area contributed by atoms with E-state index in [1.165, 1.54) is 0 Å². The third-order valence-corrected chi connectivity index (χ3v) is 3.34. The van der Waals surface area contributed by atoms with E-state index in [9.17, 15) is 4.79 Å². The molecule has 0 amide bonds. The monoisotopic (exact) mass is 276 g/mol. The van der Waals surface area contributed by atoms with Crippen LogP contribution in [0, 0.1) is 0 Å². The first-order valence-corrected chi connectivity index (χ1v) is 7.08. The molecule has 0 spiro atoms. The highest BCUT2D eigenvalue weighted by molar-refractivity contribution is 7.09. The van der Waals surface area contributed by atoms with Crippen molar-refractivity contribution < 1.29 is 14.3 Å². The Bertz CT molecular complexity index is 479. The van der Waals surface area contributed by atoms with Gasteiger partial charge in [-0.1, -0.05) is 24.3 Å². The van der Waals surface area contributed by atoms with Crippen molar-refractivity contribution in [3.63, 3.8) is 0 Å². The van der Waals surface area contributed by atoms with Crippen LogP contribution in [0.1, 0.15) is 17.7 Å². The van der Waals surface area contributed by atoms with Crippen molar-refractivity contribution in [3.05, 3.63) is 52.7 Å². The molecule has 0 N–H and O–H groups in total. The number of carbonyl (C=O) groups is 1. The van der Waals surface area contributed by atoms with Gasteiger partial charge in [-0.2, -0.15) is 0 Å². The van der Waals surface area contributed by atoms with Crippen LogP contribution < -0.4 is 4.74 Å². The molecule has 0 atom stereocenters. The molecular weight excluding hydrogens is 260 g/mol. The Morgan fingerprint density at radius 2 is 1.95 bits per heavy atom. The van der Waals surface area contributed by atoms with Crippen molar-refractivity contribution in [2.45, 2.75) is 19.4 Å². The van der Waals surface area contributed by atoms with Gasteiger partial charge in [-0.25, -0.2) is 0 Å². The summed E-state index contributed by atoms with van der Waals surface area (Å²) >= 11 is 1.59. The molecule has 0 radical (unpaired) electrons. The van der Waals surface area contributed by atoms with Gasteiger partial charge in [0.2, 0.25) is 0 Å². The van der Waals surface area contributed by atoms with Gasteiger partial charge >= 0.3 is 5.97 Å². The predicted octanol–water partition coefficient (Wildman–Crippen LogP) is 3.65. The number of hydrogen-bond donors (Lipinski definition) is 0. The molecule has 1 aromatic heterocycles. The summed E-state index contributed by atoms with van der Waals surface area (Å²) in [6.45, 7) is 0.897. The van der Waals surface area contributed by atoms with Crippen molar-refractivity contribution in [2.75, 3.05) is 6.61 Å². The fourth-order valence-corrected chi connectivity index (χ4v) is 2.16. The summed E-state index contributed by atoms with van der Waals surface area (Å²) in [5.41, 5.74) is 0. The molecule has 2 aromatic rings. The van der Waals surface area contributed by atoms with Crippen LogP contribution in [-0.2, 0) is 16.1 Å². The van der Waals surface area contributed by atoms with E-state index in [-0.39, 0.29) is 5.97 Å². The molecule has 2 rings (SSSR count). The fraction of sp³-hybridized carbons (Fsp3) is 0.267. The number of carbonyl (C=O) groups excluding carboxylic acids is 1. The molecule has 0 saturated carbocycles. The highest BCUT2D eigenvalue weighted by Gasteiger charge is 2.04. The lowest BCUT2D eigenvalue weighted by atomic mass is 10.3. The minimum absolute atomic E-state index is 0.176. The molecule has 0 fully saturated rings. The number of hydrogen-bond acceptors (Lipinski definition) is 4. The van der Waals surface area contributed by atoms with Crippen molar-refractivity contribution in [3.8, 4) is 5.75 Å². The van der Waals surface area contributed by atoms with Gasteiger partial charge in [0, 0.05) is 11.3 Å². The van der Waals surface area contributed by atoms with E-state index in [4.69, 9.17) is 9.47 Å². The lowest BCUT2D eigenvalue weighted by Crippen LogP contribution is -2.06. The van der Waals surface area contributed by atoms with Gasteiger partial charge < -0.3 is 9.47 Å². The van der Waals surface area contributed by atoms with Gasteiger partial charge in [-0.15, -0.1) is 11.3 Å². The molecule has 4 heteroatoms.